The molecule has 1 aromatic carbocycles. The number of carboxylic acids is 1. The average Bonchev–Trinajstić information content (AvgIpc) is 2.46. The van der Waals surface area contributed by atoms with Gasteiger partial charge in [0.1, 0.15) is 5.82 Å². The number of carbonyl (C=O) groups excluding carboxylic acids is 1. The third-order valence-electron chi connectivity index (χ3n) is 3.57. The van der Waals surface area contributed by atoms with Gasteiger partial charge in [-0.2, -0.15) is 4.39 Å². The van der Waals surface area contributed by atoms with E-state index in [0.29, 0.717) is 11.1 Å². The second kappa shape index (κ2) is 6.03. The lowest BCUT2D eigenvalue weighted by Gasteiger charge is -2.29. The summed E-state index contributed by atoms with van der Waals surface area (Å²) in [4.78, 5) is 24.4. The number of halogens is 2. The van der Waals surface area contributed by atoms with Crippen LogP contribution in [0.2, 0.25) is 0 Å². The van der Waals surface area contributed by atoms with Gasteiger partial charge in [-0.1, -0.05) is 0 Å². The van der Waals surface area contributed by atoms with E-state index >= 15 is 0 Å². The Morgan fingerprint density at radius 2 is 1.86 bits per heavy atom. The maximum atomic E-state index is 13.3. The Morgan fingerprint density at radius 1 is 1.24 bits per heavy atom. The van der Waals surface area contributed by atoms with Crippen molar-refractivity contribution in [2.45, 2.75) is 19.8 Å². The van der Waals surface area contributed by atoms with Gasteiger partial charge in [0.25, 0.3) is 5.91 Å². The minimum atomic E-state index is -1.57. The number of carbonyl (C=O) groups is 2. The average molecular weight is 295 g/mol. The monoisotopic (exact) mass is 295 g/mol. The zero-order chi connectivity index (χ0) is 15.6. The zero-order valence-electron chi connectivity index (χ0n) is 11.5. The number of hydrogen-bond acceptors (Lipinski definition) is 2. The van der Waals surface area contributed by atoms with E-state index in [1.807, 2.05) is 0 Å². The predicted molar refractivity (Wildman–Crippen MR) is 72.0 cm³/mol. The lowest BCUT2D eigenvalue weighted by Crippen LogP contribution is -2.37. The van der Waals surface area contributed by atoms with Crippen LogP contribution in [0.25, 0.3) is 0 Å². The molecule has 21 heavy (non-hydrogen) atoms. The summed E-state index contributed by atoms with van der Waals surface area (Å²) in [5.41, 5.74) is 1.17. The summed E-state index contributed by atoms with van der Waals surface area (Å²) in [6.07, 6.45) is 0.397. The summed E-state index contributed by atoms with van der Waals surface area (Å²) in [6, 6.07) is 3.93. The number of hydrogen-bond donors (Lipinski definition) is 1. The van der Waals surface area contributed by atoms with Crippen LogP contribution in [0.1, 0.15) is 28.8 Å². The van der Waals surface area contributed by atoms with Crippen molar-refractivity contribution in [2.24, 2.45) is 0 Å². The highest BCUT2D eigenvalue weighted by molar-refractivity contribution is 5.95. The molecule has 1 saturated heterocycles. The lowest BCUT2D eigenvalue weighted by atomic mass is 10.0. The van der Waals surface area contributed by atoms with Crippen molar-refractivity contribution in [3.63, 3.8) is 0 Å². The van der Waals surface area contributed by atoms with E-state index in [-0.39, 0.29) is 37.4 Å². The van der Waals surface area contributed by atoms with Crippen LogP contribution in [0.5, 0.6) is 0 Å². The zero-order valence-corrected chi connectivity index (χ0v) is 11.5. The van der Waals surface area contributed by atoms with E-state index < -0.39 is 17.6 Å². The molecule has 6 heteroatoms. The second-order valence-corrected chi connectivity index (χ2v) is 4.97. The minimum absolute atomic E-state index is 0.199. The van der Waals surface area contributed by atoms with Crippen LogP contribution < -0.4 is 0 Å². The van der Waals surface area contributed by atoms with Gasteiger partial charge in [-0.3, -0.25) is 4.79 Å². The van der Waals surface area contributed by atoms with E-state index in [9.17, 15) is 18.4 Å². The fraction of sp³-hybridized carbons (Fsp3) is 0.333. The number of rotatable bonds is 2. The molecule has 0 unspecified atom stereocenters. The van der Waals surface area contributed by atoms with E-state index in [1.165, 1.54) is 23.1 Å². The van der Waals surface area contributed by atoms with Crippen LogP contribution in [0.3, 0.4) is 0 Å². The van der Waals surface area contributed by atoms with Crippen molar-refractivity contribution >= 4 is 11.9 Å². The van der Waals surface area contributed by atoms with Crippen molar-refractivity contribution in [3.05, 3.63) is 46.5 Å². The van der Waals surface area contributed by atoms with Crippen molar-refractivity contribution in [3.8, 4) is 0 Å². The highest BCUT2D eigenvalue weighted by Gasteiger charge is 2.24. The molecule has 1 fully saturated rings. The Kier molecular flexibility index (Phi) is 4.35. The summed E-state index contributed by atoms with van der Waals surface area (Å²) in [7, 11) is 0. The fourth-order valence-corrected chi connectivity index (χ4v) is 2.39. The Hall–Kier alpha value is -2.24. The van der Waals surface area contributed by atoms with Crippen LogP contribution in [0.15, 0.2) is 29.6 Å². The van der Waals surface area contributed by atoms with Gasteiger partial charge < -0.3 is 10.0 Å². The molecular formula is C15H15F2NO3. The highest BCUT2D eigenvalue weighted by atomic mass is 19.1. The molecule has 1 aliphatic rings. The van der Waals surface area contributed by atoms with Crippen LogP contribution in [-0.2, 0) is 4.79 Å². The SMILES string of the molecule is Cc1cc(F)ccc1C(=O)N1CCC(=C(F)C(=O)O)CC1. The van der Waals surface area contributed by atoms with Crippen molar-refractivity contribution in [1.29, 1.82) is 0 Å². The van der Waals surface area contributed by atoms with E-state index in [4.69, 9.17) is 5.11 Å². The first kappa shape index (κ1) is 15.2. The molecule has 0 radical (unpaired) electrons. The fourth-order valence-electron chi connectivity index (χ4n) is 2.39. The number of aliphatic carboxylic acids is 1. The number of aryl methyl sites for hydroxylation is 1. The standard InChI is InChI=1S/C15H15F2NO3/c1-9-8-11(16)2-3-12(9)14(19)18-6-4-10(5-7-18)13(17)15(20)21/h2-3,8H,4-7H2,1H3,(H,20,21). The first-order chi connectivity index (χ1) is 9.90. The molecule has 0 saturated carbocycles. The largest absolute Gasteiger partial charge is 0.476 e. The highest BCUT2D eigenvalue weighted by Crippen LogP contribution is 2.23. The summed E-state index contributed by atoms with van der Waals surface area (Å²) < 4.78 is 26.3. The Balaban J connectivity index is 2.10. The van der Waals surface area contributed by atoms with Gasteiger partial charge >= 0.3 is 5.97 Å². The molecule has 0 aromatic heterocycles. The maximum Gasteiger partial charge on any atom is 0.364 e. The first-order valence-electron chi connectivity index (χ1n) is 6.56. The van der Waals surface area contributed by atoms with Crippen molar-refractivity contribution in [2.75, 3.05) is 13.1 Å². The number of nitrogens with zero attached hydrogens (tertiary/aromatic N) is 1. The lowest BCUT2D eigenvalue weighted by molar-refractivity contribution is -0.134. The molecule has 1 aliphatic heterocycles. The van der Waals surface area contributed by atoms with Crippen molar-refractivity contribution in [1.82, 2.24) is 4.90 Å². The van der Waals surface area contributed by atoms with Gasteiger partial charge in [0, 0.05) is 18.7 Å². The smallest absolute Gasteiger partial charge is 0.364 e. The molecule has 112 valence electrons. The quantitative estimate of drug-likeness (QED) is 0.853. The molecule has 1 amide bonds. The second-order valence-electron chi connectivity index (χ2n) is 4.97. The minimum Gasteiger partial charge on any atom is -0.476 e. The molecule has 1 heterocycles. The molecule has 0 bridgehead atoms. The van der Waals surface area contributed by atoms with Crippen molar-refractivity contribution < 1.29 is 23.5 Å². The number of likely N-dealkylation sites (tertiary alicyclic amines) is 1. The third kappa shape index (κ3) is 3.26. The molecule has 0 atom stereocenters. The molecular weight excluding hydrogens is 280 g/mol. The van der Waals surface area contributed by atoms with E-state index in [0.717, 1.165) is 0 Å². The van der Waals surface area contributed by atoms with Crippen LogP contribution in [-0.4, -0.2) is 35.0 Å². The number of amides is 1. The number of carboxylic acid groups (broad SMARTS) is 1. The predicted octanol–water partition coefficient (Wildman–Crippen LogP) is 2.68. The van der Waals surface area contributed by atoms with E-state index in [1.54, 1.807) is 6.92 Å². The number of benzene rings is 1. The van der Waals surface area contributed by atoms with Gasteiger partial charge in [0.2, 0.25) is 5.83 Å². The third-order valence-corrected chi connectivity index (χ3v) is 3.57. The molecule has 1 N–H and O–H groups in total. The summed E-state index contributed by atoms with van der Waals surface area (Å²) in [6.45, 7) is 2.16. The molecule has 0 aliphatic carbocycles. The van der Waals surface area contributed by atoms with Gasteiger partial charge in [0.05, 0.1) is 0 Å². The van der Waals surface area contributed by atoms with E-state index in [2.05, 4.69) is 0 Å². The van der Waals surface area contributed by atoms with Crippen LogP contribution in [0.4, 0.5) is 8.78 Å². The Morgan fingerprint density at radius 3 is 2.38 bits per heavy atom. The molecule has 1 aromatic rings. The Bertz CT molecular complexity index is 615. The summed E-state index contributed by atoms with van der Waals surface area (Å²) in [5, 5.41) is 8.60. The normalized spacial score (nSPS) is 15.0. The van der Waals surface area contributed by atoms with Gasteiger partial charge in [0.15, 0.2) is 0 Å². The number of piperidine rings is 1. The first-order valence-corrected chi connectivity index (χ1v) is 6.56. The topological polar surface area (TPSA) is 57.6 Å². The van der Waals surface area contributed by atoms with Crippen LogP contribution in [0, 0.1) is 12.7 Å². The molecule has 0 spiro atoms. The van der Waals surface area contributed by atoms with Gasteiger partial charge in [-0.25, -0.2) is 9.18 Å². The van der Waals surface area contributed by atoms with Gasteiger partial charge in [-0.15, -0.1) is 0 Å². The van der Waals surface area contributed by atoms with Crippen LogP contribution >= 0.6 is 0 Å². The Labute approximate surface area is 120 Å². The van der Waals surface area contributed by atoms with Gasteiger partial charge in [-0.05, 0) is 49.1 Å². The maximum absolute atomic E-state index is 13.3. The summed E-state index contributed by atoms with van der Waals surface area (Å²) >= 11 is 0. The molecule has 4 nitrogen and oxygen atoms in total. The molecule has 2 rings (SSSR count). The summed E-state index contributed by atoms with van der Waals surface area (Å²) in [5.74, 6) is -3.35.